The number of carbonyl (C=O) groups excluding carboxylic acids is 2. The molecule has 0 aliphatic carbocycles. The lowest BCUT2D eigenvalue weighted by Crippen LogP contribution is -2.37. The molecule has 0 aliphatic heterocycles. The molecule has 0 spiro atoms. The number of carbonyl (C=O) groups is 2. The van der Waals surface area contributed by atoms with E-state index in [0.717, 1.165) is 6.26 Å². The Labute approximate surface area is 114 Å². The topological polar surface area (TPSA) is 102 Å². The van der Waals surface area contributed by atoms with Crippen molar-refractivity contribution in [3.63, 3.8) is 0 Å². The summed E-state index contributed by atoms with van der Waals surface area (Å²) in [5.74, 6) is -1.11. The van der Waals surface area contributed by atoms with Crippen molar-refractivity contribution in [1.29, 1.82) is 0 Å². The second-order valence-electron chi connectivity index (χ2n) is 5.36. The van der Waals surface area contributed by atoms with Crippen LogP contribution < -0.4 is 10.0 Å². The van der Waals surface area contributed by atoms with Crippen molar-refractivity contribution in [2.24, 2.45) is 5.92 Å². The molecule has 0 saturated heterocycles. The predicted molar refractivity (Wildman–Crippen MR) is 71.0 cm³/mol. The zero-order chi connectivity index (χ0) is 15.3. The Morgan fingerprint density at radius 1 is 1.26 bits per heavy atom. The Morgan fingerprint density at radius 3 is 2.21 bits per heavy atom. The highest BCUT2D eigenvalue weighted by molar-refractivity contribution is 7.89. The van der Waals surface area contributed by atoms with E-state index < -0.39 is 33.5 Å². The number of nitrogens with one attached hydrogen (secondary N) is 2. The second kappa shape index (κ2) is 6.74. The summed E-state index contributed by atoms with van der Waals surface area (Å²) in [6, 6.07) is 0. The average molecular weight is 294 g/mol. The minimum Gasteiger partial charge on any atom is -0.444 e. The number of ether oxygens (including phenoxy) is 1. The molecule has 0 aromatic heterocycles. The largest absolute Gasteiger partial charge is 0.444 e. The number of sulfonamides is 1. The van der Waals surface area contributed by atoms with Gasteiger partial charge >= 0.3 is 6.09 Å². The van der Waals surface area contributed by atoms with Crippen molar-refractivity contribution in [2.75, 3.05) is 12.8 Å². The Kier molecular flexibility index (Phi) is 6.28. The van der Waals surface area contributed by atoms with Gasteiger partial charge in [0.15, 0.2) is 0 Å². The molecule has 0 aliphatic rings. The number of alkyl carbamates (subject to hydrolysis) is 1. The Hall–Kier alpha value is -1.31. The van der Waals surface area contributed by atoms with E-state index in [4.69, 9.17) is 4.74 Å². The van der Waals surface area contributed by atoms with Crippen molar-refractivity contribution in [2.45, 2.75) is 39.7 Å². The standard InChI is InChI=1S/C11H22N2O5S/c1-8(9(14)13-19(5,16)17)6-7-12-10(15)18-11(2,3)4/h8H,6-7H2,1-5H3,(H,12,15)(H,13,14)/t8-/m1/s1. The van der Waals surface area contributed by atoms with Crippen LogP contribution >= 0.6 is 0 Å². The maximum absolute atomic E-state index is 11.4. The molecule has 0 unspecified atom stereocenters. The first-order valence-electron chi connectivity index (χ1n) is 5.89. The highest BCUT2D eigenvalue weighted by Gasteiger charge is 2.18. The van der Waals surface area contributed by atoms with Crippen LogP contribution in [0.1, 0.15) is 34.1 Å². The van der Waals surface area contributed by atoms with Gasteiger partial charge in [-0.2, -0.15) is 0 Å². The number of amides is 2. The fourth-order valence-corrected chi connectivity index (χ4v) is 1.69. The van der Waals surface area contributed by atoms with Gasteiger partial charge < -0.3 is 10.1 Å². The molecule has 0 fully saturated rings. The first-order valence-corrected chi connectivity index (χ1v) is 7.78. The summed E-state index contributed by atoms with van der Waals surface area (Å²) in [5, 5.41) is 2.50. The quantitative estimate of drug-likeness (QED) is 0.773. The molecule has 0 aromatic carbocycles. The van der Waals surface area contributed by atoms with E-state index in [1.165, 1.54) is 0 Å². The van der Waals surface area contributed by atoms with Crippen LogP contribution in [0.15, 0.2) is 0 Å². The molecule has 0 radical (unpaired) electrons. The molecular weight excluding hydrogens is 272 g/mol. The van der Waals surface area contributed by atoms with Crippen molar-refractivity contribution in [1.82, 2.24) is 10.0 Å². The van der Waals surface area contributed by atoms with Crippen LogP contribution in [-0.2, 0) is 19.6 Å². The van der Waals surface area contributed by atoms with E-state index in [1.54, 1.807) is 27.7 Å². The zero-order valence-corrected chi connectivity index (χ0v) is 12.8. The van der Waals surface area contributed by atoms with Crippen molar-refractivity contribution >= 4 is 22.0 Å². The van der Waals surface area contributed by atoms with E-state index in [9.17, 15) is 18.0 Å². The lowest BCUT2D eigenvalue weighted by Gasteiger charge is -2.20. The second-order valence-corrected chi connectivity index (χ2v) is 7.11. The van der Waals surface area contributed by atoms with Gasteiger partial charge in [-0.15, -0.1) is 0 Å². The third-order valence-electron chi connectivity index (χ3n) is 1.98. The molecule has 2 amide bonds. The van der Waals surface area contributed by atoms with Crippen LogP contribution in [-0.4, -0.2) is 38.8 Å². The maximum Gasteiger partial charge on any atom is 0.407 e. The lowest BCUT2D eigenvalue weighted by molar-refractivity contribution is -0.122. The summed E-state index contributed by atoms with van der Waals surface area (Å²) in [7, 11) is -3.55. The molecule has 19 heavy (non-hydrogen) atoms. The summed E-state index contributed by atoms with van der Waals surface area (Å²) >= 11 is 0. The van der Waals surface area contributed by atoms with Gasteiger partial charge in [-0.3, -0.25) is 9.52 Å². The molecule has 0 aromatic rings. The van der Waals surface area contributed by atoms with Crippen molar-refractivity contribution in [3.05, 3.63) is 0 Å². The van der Waals surface area contributed by atoms with E-state index >= 15 is 0 Å². The maximum atomic E-state index is 11.4. The van der Waals surface area contributed by atoms with Crippen molar-refractivity contribution in [3.8, 4) is 0 Å². The summed E-state index contributed by atoms with van der Waals surface area (Å²) in [6.45, 7) is 7.04. The van der Waals surface area contributed by atoms with E-state index in [0.29, 0.717) is 6.42 Å². The van der Waals surface area contributed by atoms with Crippen LogP contribution in [0.3, 0.4) is 0 Å². The van der Waals surface area contributed by atoms with E-state index in [-0.39, 0.29) is 6.54 Å². The summed E-state index contributed by atoms with van der Waals surface area (Å²) in [4.78, 5) is 22.7. The van der Waals surface area contributed by atoms with Crippen LogP contribution in [0, 0.1) is 5.92 Å². The minimum atomic E-state index is -3.55. The third-order valence-corrected chi connectivity index (χ3v) is 2.55. The lowest BCUT2D eigenvalue weighted by atomic mass is 10.1. The Balaban J connectivity index is 4.02. The molecule has 0 bridgehead atoms. The Morgan fingerprint density at radius 2 is 1.79 bits per heavy atom. The predicted octanol–water partition coefficient (Wildman–Crippen LogP) is 0.613. The van der Waals surface area contributed by atoms with Crippen LogP contribution in [0.25, 0.3) is 0 Å². The van der Waals surface area contributed by atoms with Gasteiger partial charge in [-0.05, 0) is 27.2 Å². The van der Waals surface area contributed by atoms with Gasteiger partial charge in [0.25, 0.3) is 0 Å². The highest BCUT2D eigenvalue weighted by Crippen LogP contribution is 2.07. The van der Waals surface area contributed by atoms with Gasteiger partial charge in [0.2, 0.25) is 15.9 Å². The van der Waals surface area contributed by atoms with Crippen molar-refractivity contribution < 1.29 is 22.7 Å². The van der Waals surface area contributed by atoms with E-state index in [1.807, 2.05) is 4.72 Å². The number of hydrogen-bond acceptors (Lipinski definition) is 5. The van der Waals surface area contributed by atoms with Crippen LogP contribution in [0.4, 0.5) is 4.79 Å². The third kappa shape index (κ3) is 10.3. The fraction of sp³-hybridized carbons (Fsp3) is 0.818. The van der Waals surface area contributed by atoms with Crippen LogP contribution in [0.2, 0.25) is 0 Å². The first kappa shape index (κ1) is 17.7. The van der Waals surface area contributed by atoms with Gasteiger partial charge in [0, 0.05) is 12.5 Å². The fourth-order valence-electron chi connectivity index (χ4n) is 1.12. The molecule has 112 valence electrons. The average Bonchev–Trinajstić information content (AvgIpc) is 2.11. The first-order chi connectivity index (χ1) is 8.41. The van der Waals surface area contributed by atoms with Gasteiger partial charge in [0.05, 0.1) is 6.26 Å². The molecule has 0 rings (SSSR count). The summed E-state index contributed by atoms with van der Waals surface area (Å²) < 4.78 is 28.6. The number of rotatable bonds is 5. The Bertz CT molecular complexity index is 425. The molecule has 2 N–H and O–H groups in total. The molecule has 0 heterocycles. The van der Waals surface area contributed by atoms with Crippen LogP contribution in [0.5, 0.6) is 0 Å². The highest BCUT2D eigenvalue weighted by atomic mass is 32.2. The molecular formula is C11H22N2O5S. The minimum absolute atomic E-state index is 0.229. The summed E-state index contributed by atoms with van der Waals surface area (Å²) in [5.41, 5.74) is -0.580. The van der Waals surface area contributed by atoms with E-state index in [2.05, 4.69) is 5.32 Å². The monoisotopic (exact) mass is 294 g/mol. The molecule has 7 nitrogen and oxygen atoms in total. The normalized spacial score (nSPS) is 13.5. The smallest absolute Gasteiger partial charge is 0.407 e. The van der Waals surface area contributed by atoms with Gasteiger partial charge in [0.1, 0.15) is 5.60 Å². The summed E-state index contributed by atoms with van der Waals surface area (Å²) in [6.07, 6.45) is 0.667. The SMILES string of the molecule is C[C@H](CCNC(=O)OC(C)(C)C)C(=O)NS(C)(=O)=O. The van der Waals surface area contributed by atoms with Gasteiger partial charge in [-0.1, -0.05) is 6.92 Å². The number of hydrogen-bond donors (Lipinski definition) is 2. The molecule has 0 saturated carbocycles. The molecule has 1 atom stereocenters. The zero-order valence-electron chi connectivity index (χ0n) is 11.9. The van der Waals surface area contributed by atoms with Gasteiger partial charge in [-0.25, -0.2) is 13.2 Å². The molecule has 8 heteroatoms.